The SMILES string of the molecule is [N-]=[N+]=NC(CCC(=O)c1ccccc1)Sc1ccccc1. The second kappa shape index (κ2) is 8.15. The summed E-state index contributed by atoms with van der Waals surface area (Å²) in [5.74, 6) is 0.0717. The zero-order chi connectivity index (χ0) is 14.9. The molecule has 0 saturated heterocycles. The highest BCUT2D eigenvalue weighted by Gasteiger charge is 2.12. The summed E-state index contributed by atoms with van der Waals surface area (Å²) in [5.41, 5.74) is 9.35. The highest BCUT2D eigenvalue weighted by molar-refractivity contribution is 7.99. The number of Topliss-reactive ketones (excluding diaryl/α,β-unsaturated/α-hetero) is 1. The summed E-state index contributed by atoms with van der Waals surface area (Å²) in [6.45, 7) is 0. The number of hydrogen-bond acceptors (Lipinski definition) is 3. The van der Waals surface area contributed by atoms with E-state index in [1.807, 2.05) is 48.5 Å². The van der Waals surface area contributed by atoms with Gasteiger partial charge in [-0.05, 0) is 24.1 Å². The summed E-state index contributed by atoms with van der Waals surface area (Å²) >= 11 is 1.48. The number of thioether (sulfide) groups is 1. The summed E-state index contributed by atoms with van der Waals surface area (Å²) in [6, 6.07) is 18.9. The number of rotatable bonds is 7. The second-order valence-electron chi connectivity index (χ2n) is 4.42. The number of nitrogens with zero attached hydrogens (tertiary/aromatic N) is 3. The van der Waals surface area contributed by atoms with Crippen molar-refractivity contribution in [3.63, 3.8) is 0 Å². The Morgan fingerprint density at radius 1 is 1.10 bits per heavy atom. The Kier molecular flexibility index (Phi) is 5.88. The third-order valence-corrected chi connectivity index (χ3v) is 4.06. The molecule has 0 spiro atoms. The highest BCUT2D eigenvalue weighted by atomic mass is 32.2. The van der Waals surface area contributed by atoms with E-state index >= 15 is 0 Å². The van der Waals surface area contributed by atoms with Gasteiger partial charge in [-0.3, -0.25) is 4.79 Å². The van der Waals surface area contributed by atoms with E-state index < -0.39 is 0 Å². The van der Waals surface area contributed by atoms with Crippen LogP contribution in [0.1, 0.15) is 23.2 Å². The average Bonchev–Trinajstić information content (AvgIpc) is 2.54. The van der Waals surface area contributed by atoms with Crippen molar-refractivity contribution in [3.05, 3.63) is 76.7 Å². The quantitative estimate of drug-likeness (QED) is 0.235. The van der Waals surface area contributed by atoms with Crippen LogP contribution in [0.15, 0.2) is 70.7 Å². The van der Waals surface area contributed by atoms with Gasteiger partial charge in [0.1, 0.15) is 0 Å². The standard InChI is InChI=1S/C16H15N3OS/c17-19-18-16(21-14-9-5-2-6-10-14)12-11-15(20)13-7-3-1-4-8-13/h1-10,16H,11-12H2. The Morgan fingerprint density at radius 2 is 1.71 bits per heavy atom. The molecule has 106 valence electrons. The first-order chi connectivity index (χ1) is 10.3. The summed E-state index contributed by atoms with van der Waals surface area (Å²) in [6.07, 6.45) is 0.894. The van der Waals surface area contributed by atoms with Gasteiger partial charge in [0.05, 0.1) is 5.37 Å². The molecule has 0 fully saturated rings. The first-order valence-corrected chi connectivity index (χ1v) is 7.51. The van der Waals surface area contributed by atoms with Crippen molar-refractivity contribution in [2.45, 2.75) is 23.1 Å². The van der Waals surface area contributed by atoms with Crippen LogP contribution in [-0.4, -0.2) is 11.2 Å². The van der Waals surface area contributed by atoms with Crippen molar-refractivity contribution in [2.24, 2.45) is 5.11 Å². The van der Waals surface area contributed by atoms with Crippen LogP contribution in [0.3, 0.4) is 0 Å². The average molecular weight is 297 g/mol. The van der Waals surface area contributed by atoms with Crippen LogP contribution >= 0.6 is 11.8 Å². The van der Waals surface area contributed by atoms with Crippen LogP contribution in [0.5, 0.6) is 0 Å². The molecule has 2 aromatic carbocycles. The van der Waals surface area contributed by atoms with Crippen molar-refractivity contribution < 1.29 is 4.79 Å². The molecule has 0 aliphatic carbocycles. The van der Waals surface area contributed by atoms with Gasteiger partial charge < -0.3 is 0 Å². The van der Waals surface area contributed by atoms with Gasteiger partial charge in [0, 0.05) is 21.8 Å². The summed E-state index contributed by atoms with van der Waals surface area (Å²) in [5, 5.41) is 3.50. The molecule has 0 aliphatic rings. The lowest BCUT2D eigenvalue weighted by Crippen LogP contribution is -2.04. The van der Waals surface area contributed by atoms with Crippen LogP contribution in [0.4, 0.5) is 0 Å². The minimum atomic E-state index is -0.273. The van der Waals surface area contributed by atoms with Crippen molar-refractivity contribution in [1.82, 2.24) is 0 Å². The topological polar surface area (TPSA) is 65.8 Å². The maximum absolute atomic E-state index is 12.1. The van der Waals surface area contributed by atoms with Gasteiger partial charge >= 0.3 is 0 Å². The number of ketones is 1. The van der Waals surface area contributed by atoms with Gasteiger partial charge in [-0.2, -0.15) is 0 Å². The van der Waals surface area contributed by atoms with Gasteiger partial charge in [0.15, 0.2) is 5.78 Å². The molecule has 4 nitrogen and oxygen atoms in total. The van der Waals surface area contributed by atoms with E-state index in [1.54, 1.807) is 12.1 Å². The molecule has 0 heterocycles. The van der Waals surface area contributed by atoms with E-state index in [2.05, 4.69) is 10.0 Å². The fourth-order valence-electron chi connectivity index (χ4n) is 1.88. The zero-order valence-electron chi connectivity index (χ0n) is 11.4. The molecule has 0 radical (unpaired) electrons. The van der Waals surface area contributed by atoms with E-state index in [-0.39, 0.29) is 11.2 Å². The molecular formula is C16H15N3OS. The van der Waals surface area contributed by atoms with E-state index in [1.165, 1.54) is 11.8 Å². The number of hydrogen-bond donors (Lipinski definition) is 0. The maximum atomic E-state index is 12.1. The smallest absolute Gasteiger partial charge is 0.162 e. The molecule has 0 N–H and O–H groups in total. The molecule has 5 heteroatoms. The van der Waals surface area contributed by atoms with Crippen molar-refractivity contribution in [1.29, 1.82) is 0 Å². The molecule has 21 heavy (non-hydrogen) atoms. The van der Waals surface area contributed by atoms with Crippen LogP contribution < -0.4 is 0 Å². The second-order valence-corrected chi connectivity index (χ2v) is 5.67. The number of carbonyl (C=O) groups excluding carboxylic acids is 1. The largest absolute Gasteiger partial charge is 0.294 e. The van der Waals surface area contributed by atoms with E-state index in [0.29, 0.717) is 18.4 Å². The zero-order valence-corrected chi connectivity index (χ0v) is 12.2. The normalized spacial score (nSPS) is 11.4. The summed E-state index contributed by atoms with van der Waals surface area (Å²) in [4.78, 5) is 16.0. The lowest BCUT2D eigenvalue weighted by atomic mass is 10.1. The molecule has 2 rings (SSSR count). The van der Waals surface area contributed by atoms with Crippen molar-refractivity contribution in [2.75, 3.05) is 0 Å². The molecule has 2 aromatic rings. The minimum absolute atomic E-state index is 0.0717. The molecule has 0 saturated carbocycles. The monoisotopic (exact) mass is 297 g/mol. The Bertz CT molecular complexity index is 624. The molecule has 1 unspecified atom stereocenters. The molecule has 0 bridgehead atoms. The lowest BCUT2D eigenvalue weighted by Gasteiger charge is -2.10. The summed E-state index contributed by atoms with van der Waals surface area (Å²) in [7, 11) is 0. The summed E-state index contributed by atoms with van der Waals surface area (Å²) < 4.78 is 0. The van der Waals surface area contributed by atoms with Crippen molar-refractivity contribution >= 4 is 17.5 Å². The molecule has 0 aliphatic heterocycles. The Labute approximate surface area is 127 Å². The predicted molar refractivity (Wildman–Crippen MR) is 85.2 cm³/mol. The molecule has 1 atom stereocenters. The fraction of sp³-hybridized carbons (Fsp3) is 0.188. The van der Waals surface area contributed by atoms with Gasteiger partial charge in [0.25, 0.3) is 0 Å². The van der Waals surface area contributed by atoms with Crippen LogP contribution in [0.2, 0.25) is 0 Å². The lowest BCUT2D eigenvalue weighted by molar-refractivity contribution is 0.0980. The van der Waals surface area contributed by atoms with E-state index in [9.17, 15) is 4.79 Å². The third kappa shape index (κ3) is 4.99. The Hall–Kier alpha value is -2.23. The predicted octanol–water partition coefficient (Wildman–Crippen LogP) is 5.08. The van der Waals surface area contributed by atoms with E-state index in [4.69, 9.17) is 5.53 Å². The van der Waals surface area contributed by atoms with Crippen LogP contribution in [0, 0.1) is 0 Å². The van der Waals surface area contributed by atoms with Crippen molar-refractivity contribution in [3.8, 4) is 0 Å². The first-order valence-electron chi connectivity index (χ1n) is 6.64. The Balaban J connectivity index is 1.94. The van der Waals surface area contributed by atoms with Gasteiger partial charge in [0.2, 0.25) is 0 Å². The fourth-order valence-corrected chi connectivity index (χ4v) is 2.83. The molecular weight excluding hydrogens is 282 g/mol. The number of benzene rings is 2. The molecule has 0 amide bonds. The first kappa shape index (κ1) is 15.2. The number of carbonyl (C=O) groups is 1. The van der Waals surface area contributed by atoms with Crippen LogP contribution in [0.25, 0.3) is 10.4 Å². The minimum Gasteiger partial charge on any atom is -0.294 e. The number of azide groups is 1. The van der Waals surface area contributed by atoms with Gasteiger partial charge in [-0.15, -0.1) is 11.8 Å². The molecule has 0 aromatic heterocycles. The van der Waals surface area contributed by atoms with Gasteiger partial charge in [-0.1, -0.05) is 53.6 Å². The van der Waals surface area contributed by atoms with Crippen LogP contribution in [-0.2, 0) is 0 Å². The Morgan fingerprint density at radius 3 is 2.33 bits per heavy atom. The third-order valence-electron chi connectivity index (χ3n) is 2.91. The highest BCUT2D eigenvalue weighted by Crippen LogP contribution is 2.27. The van der Waals surface area contributed by atoms with E-state index in [0.717, 1.165) is 4.90 Å². The van der Waals surface area contributed by atoms with Gasteiger partial charge in [-0.25, -0.2) is 0 Å². The maximum Gasteiger partial charge on any atom is 0.162 e.